The first kappa shape index (κ1) is 24.4. The number of carbonyl (C=O) groups is 2. The van der Waals surface area contributed by atoms with E-state index in [-0.39, 0.29) is 24.0 Å². The SMILES string of the molecule is CC(C)Oc1ccc(NS(=O)(=O)CC(=O)N2CCC(NC(=O)C3CCCCC3)CC2)cc1. The van der Waals surface area contributed by atoms with Gasteiger partial charge in [0, 0.05) is 30.7 Å². The first-order valence-corrected chi connectivity index (χ1v) is 13.2. The van der Waals surface area contributed by atoms with E-state index in [0.717, 1.165) is 25.7 Å². The number of rotatable bonds is 8. The highest BCUT2D eigenvalue weighted by molar-refractivity contribution is 7.93. The van der Waals surface area contributed by atoms with Gasteiger partial charge >= 0.3 is 0 Å². The fourth-order valence-electron chi connectivity index (χ4n) is 4.30. The number of amides is 2. The van der Waals surface area contributed by atoms with Crippen LogP contribution < -0.4 is 14.8 Å². The molecule has 2 aliphatic rings. The molecule has 1 aliphatic carbocycles. The number of ether oxygens (including phenoxy) is 1. The molecule has 1 saturated carbocycles. The number of nitrogens with zero attached hydrogens (tertiary/aromatic N) is 1. The van der Waals surface area contributed by atoms with E-state index in [1.54, 1.807) is 29.2 Å². The predicted molar refractivity (Wildman–Crippen MR) is 124 cm³/mol. The van der Waals surface area contributed by atoms with Gasteiger partial charge in [-0.3, -0.25) is 14.3 Å². The zero-order valence-corrected chi connectivity index (χ0v) is 19.8. The highest BCUT2D eigenvalue weighted by Crippen LogP contribution is 2.24. The van der Waals surface area contributed by atoms with E-state index in [0.29, 0.717) is 37.4 Å². The molecular formula is C23H35N3O5S. The second-order valence-electron chi connectivity index (χ2n) is 9.05. The number of piperidine rings is 1. The van der Waals surface area contributed by atoms with Crippen LogP contribution >= 0.6 is 0 Å². The molecule has 1 saturated heterocycles. The van der Waals surface area contributed by atoms with Crippen molar-refractivity contribution < 1.29 is 22.7 Å². The van der Waals surface area contributed by atoms with Gasteiger partial charge in [0.2, 0.25) is 21.8 Å². The van der Waals surface area contributed by atoms with Gasteiger partial charge in [0.1, 0.15) is 11.5 Å². The lowest BCUT2D eigenvalue weighted by atomic mass is 9.88. The topological polar surface area (TPSA) is 105 Å². The maximum Gasteiger partial charge on any atom is 0.241 e. The van der Waals surface area contributed by atoms with Crippen LogP contribution in [0.1, 0.15) is 58.8 Å². The van der Waals surface area contributed by atoms with Crippen molar-refractivity contribution in [3.05, 3.63) is 24.3 Å². The van der Waals surface area contributed by atoms with Crippen LogP contribution in [0.2, 0.25) is 0 Å². The molecule has 0 unspecified atom stereocenters. The Morgan fingerprint density at radius 1 is 1.03 bits per heavy atom. The summed E-state index contributed by atoms with van der Waals surface area (Å²) in [5, 5.41) is 3.13. The average Bonchev–Trinajstić information content (AvgIpc) is 2.75. The standard InChI is InChI=1S/C23H35N3O5S/c1-17(2)31-21-10-8-20(9-11-21)25-32(29,30)16-22(27)26-14-12-19(13-15-26)24-23(28)18-6-4-3-5-7-18/h8-11,17-19,25H,3-7,12-16H2,1-2H3,(H,24,28). The van der Waals surface area contributed by atoms with E-state index in [1.807, 2.05) is 13.8 Å². The maximum atomic E-state index is 12.6. The average molecular weight is 466 g/mol. The van der Waals surface area contributed by atoms with Crippen molar-refractivity contribution in [2.45, 2.75) is 70.9 Å². The molecule has 0 atom stereocenters. The highest BCUT2D eigenvalue weighted by atomic mass is 32.2. The lowest BCUT2D eigenvalue weighted by Gasteiger charge is -2.33. The van der Waals surface area contributed by atoms with E-state index >= 15 is 0 Å². The Labute approximate surface area is 191 Å². The first-order valence-electron chi connectivity index (χ1n) is 11.6. The predicted octanol–water partition coefficient (Wildman–Crippen LogP) is 2.90. The van der Waals surface area contributed by atoms with Crippen LogP contribution in [0, 0.1) is 5.92 Å². The molecule has 2 N–H and O–H groups in total. The Kier molecular flexibility index (Phi) is 8.39. The molecule has 3 rings (SSSR count). The van der Waals surface area contributed by atoms with Crippen molar-refractivity contribution >= 4 is 27.5 Å². The number of carbonyl (C=O) groups excluding carboxylic acids is 2. The molecule has 2 fully saturated rings. The molecule has 178 valence electrons. The summed E-state index contributed by atoms with van der Waals surface area (Å²) in [6, 6.07) is 6.65. The van der Waals surface area contributed by atoms with Crippen LogP contribution in [-0.2, 0) is 19.6 Å². The zero-order chi connectivity index (χ0) is 23.1. The van der Waals surface area contributed by atoms with Gasteiger partial charge in [0.05, 0.1) is 6.10 Å². The van der Waals surface area contributed by atoms with Crippen molar-refractivity contribution in [1.29, 1.82) is 0 Å². The minimum Gasteiger partial charge on any atom is -0.491 e. The van der Waals surface area contributed by atoms with Gasteiger partial charge in [-0.25, -0.2) is 8.42 Å². The van der Waals surface area contributed by atoms with Crippen molar-refractivity contribution in [2.24, 2.45) is 5.92 Å². The van der Waals surface area contributed by atoms with Gasteiger partial charge in [0.25, 0.3) is 0 Å². The summed E-state index contributed by atoms with van der Waals surface area (Å²) in [7, 11) is -3.82. The van der Waals surface area contributed by atoms with E-state index in [4.69, 9.17) is 4.74 Å². The summed E-state index contributed by atoms with van der Waals surface area (Å²) in [5.74, 6) is -0.125. The Morgan fingerprint density at radius 3 is 2.25 bits per heavy atom. The fourth-order valence-corrected chi connectivity index (χ4v) is 5.38. The lowest BCUT2D eigenvalue weighted by molar-refractivity contribution is -0.130. The van der Waals surface area contributed by atoms with Gasteiger partial charge in [0.15, 0.2) is 0 Å². The molecular weight excluding hydrogens is 430 g/mol. The Bertz CT molecular complexity index is 871. The second-order valence-corrected chi connectivity index (χ2v) is 10.8. The van der Waals surface area contributed by atoms with Crippen LogP contribution in [-0.4, -0.2) is 56.1 Å². The minimum atomic E-state index is -3.82. The summed E-state index contributed by atoms with van der Waals surface area (Å²) in [4.78, 5) is 26.6. The molecule has 0 radical (unpaired) electrons. The number of hydrogen-bond donors (Lipinski definition) is 2. The molecule has 9 heteroatoms. The van der Waals surface area contributed by atoms with Crippen molar-refractivity contribution in [3.63, 3.8) is 0 Å². The van der Waals surface area contributed by atoms with Crippen LogP contribution in [0.25, 0.3) is 0 Å². The van der Waals surface area contributed by atoms with Crippen LogP contribution in [0.15, 0.2) is 24.3 Å². The quantitative estimate of drug-likeness (QED) is 0.614. The number of hydrogen-bond acceptors (Lipinski definition) is 5. The minimum absolute atomic E-state index is 0.0277. The van der Waals surface area contributed by atoms with Crippen LogP contribution in [0.3, 0.4) is 0 Å². The lowest BCUT2D eigenvalue weighted by Crippen LogP contribution is -2.49. The molecule has 32 heavy (non-hydrogen) atoms. The molecule has 8 nitrogen and oxygen atoms in total. The van der Waals surface area contributed by atoms with E-state index in [2.05, 4.69) is 10.0 Å². The fraction of sp³-hybridized carbons (Fsp3) is 0.652. The van der Waals surface area contributed by atoms with Crippen molar-refractivity contribution in [1.82, 2.24) is 10.2 Å². The number of likely N-dealkylation sites (tertiary alicyclic amines) is 1. The largest absolute Gasteiger partial charge is 0.491 e. The number of anilines is 1. The van der Waals surface area contributed by atoms with Crippen molar-refractivity contribution in [2.75, 3.05) is 23.6 Å². The van der Waals surface area contributed by atoms with Gasteiger partial charge < -0.3 is 15.0 Å². The molecule has 0 aromatic heterocycles. The second kappa shape index (κ2) is 11.0. The number of nitrogens with one attached hydrogen (secondary N) is 2. The summed E-state index contributed by atoms with van der Waals surface area (Å²) in [6.07, 6.45) is 6.68. The van der Waals surface area contributed by atoms with E-state index in [9.17, 15) is 18.0 Å². The molecule has 1 aromatic rings. The third kappa shape index (κ3) is 7.39. The molecule has 1 aromatic carbocycles. The monoisotopic (exact) mass is 465 g/mol. The molecule has 0 spiro atoms. The van der Waals surface area contributed by atoms with Crippen LogP contribution in [0.4, 0.5) is 5.69 Å². The summed E-state index contributed by atoms with van der Waals surface area (Å²) in [5.41, 5.74) is 0.387. The summed E-state index contributed by atoms with van der Waals surface area (Å²) < 4.78 is 32.9. The number of sulfonamides is 1. The Morgan fingerprint density at radius 2 is 1.66 bits per heavy atom. The molecule has 0 bridgehead atoms. The highest BCUT2D eigenvalue weighted by Gasteiger charge is 2.29. The molecule has 1 aliphatic heterocycles. The third-order valence-electron chi connectivity index (χ3n) is 5.98. The van der Waals surface area contributed by atoms with Gasteiger partial charge in [-0.15, -0.1) is 0 Å². The smallest absolute Gasteiger partial charge is 0.241 e. The van der Waals surface area contributed by atoms with Gasteiger partial charge in [-0.05, 0) is 63.8 Å². The summed E-state index contributed by atoms with van der Waals surface area (Å²) in [6.45, 7) is 4.72. The molecule has 2 amide bonds. The van der Waals surface area contributed by atoms with Crippen molar-refractivity contribution in [3.8, 4) is 5.75 Å². The van der Waals surface area contributed by atoms with E-state index in [1.165, 1.54) is 6.42 Å². The van der Waals surface area contributed by atoms with E-state index < -0.39 is 21.7 Å². The summed E-state index contributed by atoms with van der Waals surface area (Å²) >= 11 is 0. The third-order valence-corrected chi connectivity index (χ3v) is 7.16. The van der Waals surface area contributed by atoms with Gasteiger partial charge in [-0.1, -0.05) is 19.3 Å². The first-order chi connectivity index (χ1) is 15.2. The Balaban J connectivity index is 1.43. The number of benzene rings is 1. The maximum absolute atomic E-state index is 12.6. The van der Waals surface area contributed by atoms with Crippen LogP contribution in [0.5, 0.6) is 5.75 Å². The normalized spacial score (nSPS) is 18.4. The zero-order valence-electron chi connectivity index (χ0n) is 19.0. The van der Waals surface area contributed by atoms with Gasteiger partial charge in [-0.2, -0.15) is 0 Å². The Hall–Kier alpha value is -2.29. The molecule has 1 heterocycles.